The van der Waals surface area contributed by atoms with Crippen LogP contribution in [-0.2, 0) is 14.6 Å². The standard InChI is InChI=1S/C8H14O3/c1-7(9)10-11-8-5-3-2-4-6-8/h8H,2-6H2,1H3. The maximum absolute atomic E-state index is 10.3. The molecule has 0 aromatic rings. The van der Waals surface area contributed by atoms with E-state index in [4.69, 9.17) is 4.89 Å². The molecule has 0 spiro atoms. The lowest BCUT2D eigenvalue weighted by atomic mass is 9.98. The molecule has 3 nitrogen and oxygen atoms in total. The fourth-order valence-corrected chi connectivity index (χ4v) is 1.30. The molecule has 1 saturated carbocycles. The first kappa shape index (κ1) is 8.53. The van der Waals surface area contributed by atoms with Crippen molar-refractivity contribution in [2.24, 2.45) is 0 Å². The highest BCUT2D eigenvalue weighted by Gasteiger charge is 2.15. The van der Waals surface area contributed by atoms with Crippen molar-refractivity contribution in [2.75, 3.05) is 0 Å². The lowest BCUT2D eigenvalue weighted by Gasteiger charge is -2.19. The summed E-state index contributed by atoms with van der Waals surface area (Å²) >= 11 is 0. The van der Waals surface area contributed by atoms with Crippen molar-refractivity contribution in [1.82, 2.24) is 0 Å². The van der Waals surface area contributed by atoms with Crippen LogP contribution in [0.1, 0.15) is 39.0 Å². The van der Waals surface area contributed by atoms with Gasteiger partial charge in [-0.15, -0.1) is 0 Å². The van der Waals surface area contributed by atoms with E-state index in [1.54, 1.807) is 0 Å². The molecule has 0 bridgehead atoms. The van der Waals surface area contributed by atoms with Gasteiger partial charge in [0, 0.05) is 6.92 Å². The molecule has 0 atom stereocenters. The van der Waals surface area contributed by atoms with Crippen LogP contribution < -0.4 is 0 Å². The Kier molecular flexibility index (Phi) is 3.36. The highest BCUT2D eigenvalue weighted by Crippen LogP contribution is 2.20. The smallest absolute Gasteiger partial charge is 0.298 e. The maximum atomic E-state index is 10.3. The predicted octanol–water partition coefficient (Wildman–Crippen LogP) is 1.81. The zero-order chi connectivity index (χ0) is 8.10. The van der Waals surface area contributed by atoms with Gasteiger partial charge in [0.25, 0.3) is 0 Å². The molecular weight excluding hydrogens is 144 g/mol. The quantitative estimate of drug-likeness (QED) is 0.454. The van der Waals surface area contributed by atoms with Gasteiger partial charge in [-0.2, -0.15) is 4.89 Å². The van der Waals surface area contributed by atoms with Crippen LogP contribution in [0.4, 0.5) is 0 Å². The van der Waals surface area contributed by atoms with Crippen LogP contribution in [0.3, 0.4) is 0 Å². The Hall–Kier alpha value is -0.570. The van der Waals surface area contributed by atoms with Crippen LogP contribution in [0, 0.1) is 0 Å². The third kappa shape index (κ3) is 3.37. The minimum Gasteiger partial charge on any atom is -0.298 e. The molecule has 1 aliphatic carbocycles. The summed E-state index contributed by atoms with van der Waals surface area (Å²) in [6, 6.07) is 0. The zero-order valence-corrected chi connectivity index (χ0v) is 6.84. The third-order valence-corrected chi connectivity index (χ3v) is 1.85. The van der Waals surface area contributed by atoms with Crippen molar-refractivity contribution in [1.29, 1.82) is 0 Å². The summed E-state index contributed by atoms with van der Waals surface area (Å²) in [4.78, 5) is 19.7. The van der Waals surface area contributed by atoms with E-state index < -0.39 is 0 Å². The van der Waals surface area contributed by atoms with Gasteiger partial charge in [0.05, 0.1) is 0 Å². The molecule has 1 rings (SSSR count). The van der Waals surface area contributed by atoms with E-state index >= 15 is 0 Å². The average Bonchev–Trinajstić information content (AvgIpc) is 2.03. The second kappa shape index (κ2) is 4.34. The van der Waals surface area contributed by atoms with E-state index in [0.29, 0.717) is 0 Å². The van der Waals surface area contributed by atoms with Crippen molar-refractivity contribution < 1.29 is 14.6 Å². The third-order valence-electron chi connectivity index (χ3n) is 1.85. The van der Waals surface area contributed by atoms with Crippen LogP contribution >= 0.6 is 0 Å². The number of carbonyl (C=O) groups is 1. The summed E-state index contributed by atoms with van der Waals surface area (Å²) in [7, 11) is 0. The van der Waals surface area contributed by atoms with Crippen molar-refractivity contribution in [3.8, 4) is 0 Å². The van der Waals surface area contributed by atoms with Crippen LogP contribution in [0.15, 0.2) is 0 Å². The Morgan fingerprint density at radius 2 is 1.91 bits per heavy atom. The summed E-state index contributed by atoms with van der Waals surface area (Å²) < 4.78 is 0. The van der Waals surface area contributed by atoms with E-state index in [2.05, 4.69) is 4.89 Å². The molecular formula is C8H14O3. The summed E-state index contributed by atoms with van der Waals surface area (Å²) in [5.74, 6) is -0.365. The highest BCUT2D eigenvalue weighted by atomic mass is 17.2. The molecule has 0 unspecified atom stereocenters. The number of rotatable bonds is 2. The lowest BCUT2D eigenvalue weighted by molar-refractivity contribution is -0.300. The minimum atomic E-state index is -0.365. The van der Waals surface area contributed by atoms with E-state index in [-0.39, 0.29) is 12.1 Å². The number of hydrogen-bond donors (Lipinski definition) is 0. The molecule has 0 aliphatic heterocycles. The van der Waals surface area contributed by atoms with Crippen LogP contribution in [-0.4, -0.2) is 12.1 Å². The monoisotopic (exact) mass is 158 g/mol. The first-order valence-corrected chi connectivity index (χ1v) is 4.13. The molecule has 0 aromatic heterocycles. The van der Waals surface area contributed by atoms with Gasteiger partial charge in [0.2, 0.25) is 0 Å². The second-order valence-corrected chi connectivity index (χ2v) is 2.93. The molecule has 0 aromatic carbocycles. The lowest BCUT2D eigenvalue weighted by Crippen LogP contribution is -2.18. The summed E-state index contributed by atoms with van der Waals surface area (Å²) in [5.41, 5.74) is 0. The van der Waals surface area contributed by atoms with Crippen molar-refractivity contribution in [3.05, 3.63) is 0 Å². The largest absolute Gasteiger partial charge is 0.339 e. The Morgan fingerprint density at radius 3 is 2.45 bits per heavy atom. The molecule has 3 heteroatoms. The van der Waals surface area contributed by atoms with Crippen LogP contribution in [0.2, 0.25) is 0 Å². The fourth-order valence-electron chi connectivity index (χ4n) is 1.30. The first-order chi connectivity index (χ1) is 5.29. The fraction of sp³-hybridized carbons (Fsp3) is 0.875. The average molecular weight is 158 g/mol. The van der Waals surface area contributed by atoms with Gasteiger partial charge >= 0.3 is 5.97 Å². The summed E-state index contributed by atoms with van der Waals surface area (Å²) in [5, 5.41) is 0. The topological polar surface area (TPSA) is 35.5 Å². The van der Waals surface area contributed by atoms with Gasteiger partial charge in [-0.25, -0.2) is 4.79 Å². The van der Waals surface area contributed by atoms with Gasteiger partial charge < -0.3 is 0 Å². The predicted molar refractivity (Wildman–Crippen MR) is 39.7 cm³/mol. The van der Waals surface area contributed by atoms with Gasteiger partial charge in [0.1, 0.15) is 6.10 Å². The Balaban J connectivity index is 2.09. The van der Waals surface area contributed by atoms with Gasteiger partial charge in [-0.3, -0.25) is 4.89 Å². The van der Waals surface area contributed by atoms with E-state index in [1.165, 1.54) is 26.2 Å². The van der Waals surface area contributed by atoms with Crippen molar-refractivity contribution in [3.63, 3.8) is 0 Å². The molecule has 1 fully saturated rings. The summed E-state index contributed by atoms with van der Waals surface area (Å²) in [6.07, 6.45) is 5.84. The van der Waals surface area contributed by atoms with E-state index in [0.717, 1.165) is 12.8 Å². The SMILES string of the molecule is CC(=O)OOC1CCCCC1. The van der Waals surface area contributed by atoms with Crippen LogP contribution in [0.5, 0.6) is 0 Å². The summed E-state index contributed by atoms with van der Waals surface area (Å²) in [6.45, 7) is 1.35. The zero-order valence-electron chi connectivity index (χ0n) is 6.84. The molecule has 1 aliphatic rings. The minimum absolute atomic E-state index is 0.146. The molecule has 0 radical (unpaired) electrons. The van der Waals surface area contributed by atoms with Crippen molar-refractivity contribution >= 4 is 5.97 Å². The van der Waals surface area contributed by atoms with Gasteiger partial charge in [-0.05, 0) is 12.8 Å². The molecule has 0 N–H and O–H groups in total. The maximum Gasteiger partial charge on any atom is 0.339 e. The molecule has 64 valence electrons. The molecule has 0 amide bonds. The Bertz CT molecular complexity index is 127. The number of carbonyl (C=O) groups excluding carboxylic acids is 1. The van der Waals surface area contributed by atoms with Gasteiger partial charge in [0.15, 0.2) is 0 Å². The number of hydrogen-bond acceptors (Lipinski definition) is 3. The van der Waals surface area contributed by atoms with Crippen LogP contribution in [0.25, 0.3) is 0 Å². The van der Waals surface area contributed by atoms with Gasteiger partial charge in [-0.1, -0.05) is 19.3 Å². The Labute approximate surface area is 66.6 Å². The highest BCUT2D eigenvalue weighted by molar-refractivity contribution is 5.65. The molecule has 0 heterocycles. The second-order valence-electron chi connectivity index (χ2n) is 2.93. The van der Waals surface area contributed by atoms with Crippen molar-refractivity contribution in [2.45, 2.75) is 45.1 Å². The molecule has 11 heavy (non-hydrogen) atoms. The van der Waals surface area contributed by atoms with E-state index in [9.17, 15) is 4.79 Å². The normalized spacial score (nSPS) is 19.7. The van der Waals surface area contributed by atoms with E-state index in [1.807, 2.05) is 0 Å². The Morgan fingerprint density at radius 1 is 1.27 bits per heavy atom. The molecule has 0 saturated heterocycles. The first-order valence-electron chi connectivity index (χ1n) is 4.13.